The molecule has 1 aliphatic rings. The summed E-state index contributed by atoms with van der Waals surface area (Å²) in [6.45, 7) is 4.77. The van der Waals surface area contributed by atoms with Crippen LogP contribution in [0.5, 0.6) is 0 Å². The molecule has 0 atom stereocenters. The Morgan fingerprint density at radius 3 is 1.72 bits per heavy atom. The van der Waals surface area contributed by atoms with Gasteiger partial charge in [-0.3, -0.25) is 0 Å². The van der Waals surface area contributed by atoms with E-state index >= 15 is 0 Å². The van der Waals surface area contributed by atoms with Gasteiger partial charge in [0.05, 0.1) is 5.69 Å². The highest BCUT2D eigenvalue weighted by Crippen LogP contribution is 2.52. The number of fused-ring (bicyclic) bond motifs is 5. The van der Waals surface area contributed by atoms with Gasteiger partial charge in [0.25, 0.3) is 0 Å². The average molecular weight is 690 g/mol. The summed E-state index contributed by atoms with van der Waals surface area (Å²) < 4.78 is 0. The molecule has 0 unspecified atom stereocenters. The number of benzene rings is 9. The largest absolute Gasteiger partial charge is 0.310 e. The zero-order valence-electron chi connectivity index (χ0n) is 30.5. The van der Waals surface area contributed by atoms with Crippen molar-refractivity contribution in [2.45, 2.75) is 19.3 Å². The molecule has 0 saturated heterocycles. The number of hydrogen-bond acceptors (Lipinski definition) is 1. The molecule has 0 amide bonds. The van der Waals surface area contributed by atoms with Gasteiger partial charge in [-0.25, -0.2) is 0 Å². The highest BCUT2D eigenvalue weighted by molar-refractivity contribution is 5.98. The van der Waals surface area contributed by atoms with Crippen molar-refractivity contribution in [1.82, 2.24) is 0 Å². The summed E-state index contributed by atoms with van der Waals surface area (Å²) in [5, 5.41) is 5.01. The lowest BCUT2D eigenvalue weighted by Gasteiger charge is -2.30. The Kier molecular flexibility index (Phi) is 7.56. The van der Waals surface area contributed by atoms with Crippen LogP contribution in [-0.2, 0) is 5.41 Å². The van der Waals surface area contributed by atoms with Crippen LogP contribution in [0.4, 0.5) is 17.1 Å². The minimum atomic E-state index is -0.191. The zero-order chi connectivity index (χ0) is 36.2. The second kappa shape index (κ2) is 12.8. The van der Waals surface area contributed by atoms with Crippen molar-refractivity contribution >= 4 is 38.6 Å². The van der Waals surface area contributed by atoms with Crippen LogP contribution in [0.2, 0.25) is 0 Å². The fourth-order valence-corrected chi connectivity index (χ4v) is 8.64. The van der Waals surface area contributed by atoms with Gasteiger partial charge in [-0.2, -0.15) is 0 Å². The highest BCUT2D eigenvalue weighted by atomic mass is 15.1. The third-order valence-electron chi connectivity index (χ3n) is 11.5. The van der Waals surface area contributed by atoms with Crippen LogP contribution >= 0.6 is 0 Å². The first-order valence-electron chi connectivity index (χ1n) is 18.8. The number of rotatable bonds is 6. The van der Waals surface area contributed by atoms with Crippen molar-refractivity contribution in [2.24, 2.45) is 0 Å². The summed E-state index contributed by atoms with van der Waals surface area (Å²) in [6, 6.07) is 73.4. The van der Waals surface area contributed by atoms with E-state index in [4.69, 9.17) is 0 Å². The van der Waals surface area contributed by atoms with Crippen LogP contribution < -0.4 is 4.90 Å². The first kappa shape index (κ1) is 32.0. The van der Waals surface area contributed by atoms with Gasteiger partial charge in [-0.1, -0.05) is 178 Å². The van der Waals surface area contributed by atoms with Crippen LogP contribution in [0, 0.1) is 0 Å². The van der Waals surface area contributed by atoms with Crippen molar-refractivity contribution in [3.05, 3.63) is 211 Å². The van der Waals surface area contributed by atoms with Gasteiger partial charge in [0.1, 0.15) is 0 Å². The first-order valence-corrected chi connectivity index (χ1v) is 18.8. The Morgan fingerprint density at radius 2 is 0.889 bits per heavy atom. The smallest absolute Gasteiger partial charge is 0.0540 e. The molecule has 10 rings (SSSR count). The minimum absolute atomic E-state index is 0.191. The molecular weight excluding hydrogens is 651 g/mol. The Balaban J connectivity index is 1.11. The standard InChI is InChI=1S/C53H39N/c1-53(2)50-34-42(46-21-12-18-39-16-8-9-19-45(39)46)28-31-48(50)49-32-30-44(35-51(49)53)54(43-29-27-37-15-6-7-17-41(37)33-43)52-22-11-10-20-47(52)40-25-23-38(24-26-40)36-13-4-3-5-14-36/h3-35H,1-2H3. The van der Waals surface area contributed by atoms with Gasteiger partial charge in [-0.05, 0) is 108 Å². The van der Waals surface area contributed by atoms with Gasteiger partial charge in [0.15, 0.2) is 0 Å². The molecule has 0 spiro atoms. The minimum Gasteiger partial charge on any atom is -0.310 e. The number of hydrogen-bond donors (Lipinski definition) is 0. The predicted octanol–water partition coefficient (Wildman–Crippen LogP) is 14.8. The van der Waals surface area contributed by atoms with Crippen molar-refractivity contribution in [2.75, 3.05) is 4.90 Å². The fourth-order valence-electron chi connectivity index (χ4n) is 8.64. The van der Waals surface area contributed by atoms with E-state index in [0.29, 0.717) is 0 Å². The molecule has 0 heterocycles. The zero-order valence-corrected chi connectivity index (χ0v) is 30.5. The topological polar surface area (TPSA) is 3.24 Å². The van der Waals surface area contributed by atoms with Crippen molar-refractivity contribution < 1.29 is 0 Å². The van der Waals surface area contributed by atoms with Gasteiger partial charge < -0.3 is 4.90 Å². The van der Waals surface area contributed by atoms with Gasteiger partial charge in [0, 0.05) is 22.4 Å². The van der Waals surface area contributed by atoms with Crippen molar-refractivity contribution in [3.8, 4) is 44.5 Å². The number of anilines is 3. The van der Waals surface area contributed by atoms with Gasteiger partial charge >= 0.3 is 0 Å². The first-order chi connectivity index (χ1) is 26.5. The number of para-hydroxylation sites is 1. The molecule has 9 aromatic rings. The molecule has 0 aliphatic heterocycles. The fraction of sp³-hybridized carbons (Fsp3) is 0.0566. The maximum atomic E-state index is 2.45. The van der Waals surface area contributed by atoms with E-state index in [1.165, 1.54) is 77.2 Å². The molecule has 256 valence electrons. The van der Waals surface area contributed by atoms with Gasteiger partial charge in [0.2, 0.25) is 0 Å². The van der Waals surface area contributed by atoms with E-state index in [1.54, 1.807) is 0 Å². The van der Waals surface area contributed by atoms with Crippen molar-refractivity contribution in [1.29, 1.82) is 0 Å². The predicted molar refractivity (Wildman–Crippen MR) is 230 cm³/mol. The lowest BCUT2D eigenvalue weighted by Crippen LogP contribution is -2.17. The quantitative estimate of drug-likeness (QED) is 0.168. The van der Waals surface area contributed by atoms with Crippen molar-refractivity contribution in [3.63, 3.8) is 0 Å². The lowest BCUT2D eigenvalue weighted by atomic mass is 9.81. The molecule has 0 aromatic heterocycles. The van der Waals surface area contributed by atoms with E-state index in [9.17, 15) is 0 Å². The monoisotopic (exact) mass is 689 g/mol. The molecule has 9 aromatic carbocycles. The van der Waals surface area contributed by atoms with Crippen LogP contribution in [0.15, 0.2) is 200 Å². The van der Waals surface area contributed by atoms with E-state index in [0.717, 1.165) is 17.1 Å². The SMILES string of the molecule is CC1(C)c2cc(-c3cccc4ccccc34)ccc2-c2ccc(N(c3ccc4ccccc4c3)c3ccccc3-c3ccc(-c4ccccc4)cc3)cc21. The molecule has 1 aliphatic carbocycles. The van der Waals surface area contributed by atoms with Crippen LogP contribution in [-0.4, -0.2) is 0 Å². The summed E-state index contributed by atoms with van der Waals surface area (Å²) in [6.07, 6.45) is 0. The molecule has 1 nitrogen and oxygen atoms in total. The Morgan fingerprint density at radius 1 is 0.333 bits per heavy atom. The second-order valence-corrected chi connectivity index (χ2v) is 15.0. The Labute approximate surface area is 317 Å². The molecule has 0 fully saturated rings. The maximum Gasteiger partial charge on any atom is 0.0540 e. The second-order valence-electron chi connectivity index (χ2n) is 15.0. The summed E-state index contributed by atoms with van der Waals surface area (Å²) >= 11 is 0. The normalized spacial score (nSPS) is 12.8. The molecule has 1 heteroatoms. The third-order valence-corrected chi connectivity index (χ3v) is 11.5. The molecule has 0 radical (unpaired) electrons. The Hall–Kier alpha value is -6.70. The Bertz CT molecular complexity index is 2840. The maximum absolute atomic E-state index is 2.45. The third kappa shape index (κ3) is 5.32. The highest BCUT2D eigenvalue weighted by Gasteiger charge is 2.36. The number of nitrogens with zero attached hydrogens (tertiary/aromatic N) is 1. The van der Waals surface area contributed by atoms with Crippen LogP contribution in [0.25, 0.3) is 66.1 Å². The summed E-state index contributed by atoms with van der Waals surface area (Å²) in [5.41, 5.74) is 15.9. The summed E-state index contributed by atoms with van der Waals surface area (Å²) in [4.78, 5) is 2.45. The van der Waals surface area contributed by atoms with Crippen LogP contribution in [0.3, 0.4) is 0 Å². The summed E-state index contributed by atoms with van der Waals surface area (Å²) in [5.74, 6) is 0. The molecular formula is C53H39N. The molecule has 0 saturated carbocycles. The van der Waals surface area contributed by atoms with Crippen LogP contribution in [0.1, 0.15) is 25.0 Å². The van der Waals surface area contributed by atoms with E-state index in [-0.39, 0.29) is 5.41 Å². The molecule has 0 bridgehead atoms. The van der Waals surface area contributed by atoms with E-state index < -0.39 is 0 Å². The molecule has 54 heavy (non-hydrogen) atoms. The lowest BCUT2D eigenvalue weighted by molar-refractivity contribution is 0.660. The van der Waals surface area contributed by atoms with E-state index in [2.05, 4.69) is 219 Å². The van der Waals surface area contributed by atoms with Gasteiger partial charge in [-0.15, -0.1) is 0 Å². The average Bonchev–Trinajstić information content (AvgIpc) is 3.46. The summed E-state index contributed by atoms with van der Waals surface area (Å²) in [7, 11) is 0. The molecule has 0 N–H and O–H groups in total. The van der Waals surface area contributed by atoms with E-state index in [1.807, 2.05) is 0 Å².